The van der Waals surface area contributed by atoms with E-state index in [9.17, 15) is 4.79 Å². The van der Waals surface area contributed by atoms with Crippen LogP contribution in [0.25, 0.3) is 6.08 Å². The molecule has 3 rings (SSSR count). The van der Waals surface area contributed by atoms with Crippen LogP contribution in [-0.4, -0.2) is 10.8 Å². The maximum absolute atomic E-state index is 12.0. The van der Waals surface area contributed by atoms with Crippen LogP contribution in [-0.2, 0) is 6.61 Å². The van der Waals surface area contributed by atoms with Crippen LogP contribution in [0.5, 0.6) is 5.75 Å². The molecule has 4 nitrogen and oxygen atoms in total. The first-order valence-electron chi connectivity index (χ1n) is 7.31. The predicted molar refractivity (Wildman–Crippen MR) is 94.8 cm³/mol. The fourth-order valence-corrected chi connectivity index (χ4v) is 2.43. The number of hydrogen-bond acceptors (Lipinski definition) is 4. The van der Waals surface area contributed by atoms with Crippen LogP contribution in [0.2, 0.25) is 0 Å². The highest BCUT2D eigenvalue weighted by molar-refractivity contribution is 9.10. The molecule has 0 saturated heterocycles. The summed E-state index contributed by atoms with van der Waals surface area (Å²) in [4.78, 5) is 15.9. The molecular formula is C19H14BrNO3. The van der Waals surface area contributed by atoms with Crippen molar-refractivity contribution in [2.45, 2.75) is 6.61 Å². The van der Waals surface area contributed by atoms with Crippen LogP contribution in [0.3, 0.4) is 0 Å². The summed E-state index contributed by atoms with van der Waals surface area (Å²) in [7, 11) is 0. The fraction of sp³-hybridized carbons (Fsp3) is 0.0526. The highest BCUT2D eigenvalue weighted by Crippen LogP contribution is 2.25. The van der Waals surface area contributed by atoms with Gasteiger partial charge in [-0.05, 0) is 64.5 Å². The molecule has 2 aromatic heterocycles. The van der Waals surface area contributed by atoms with Gasteiger partial charge in [-0.2, -0.15) is 0 Å². The van der Waals surface area contributed by atoms with Gasteiger partial charge in [0, 0.05) is 18.0 Å². The Morgan fingerprint density at radius 2 is 2.04 bits per heavy atom. The minimum absolute atomic E-state index is 0.120. The summed E-state index contributed by atoms with van der Waals surface area (Å²) in [6.45, 7) is 0.313. The van der Waals surface area contributed by atoms with E-state index in [1.165, 1.54) is 12.3 Å². The zero-order valence-electron chi connectivity index (χ0n) is 12.7. The second-order valence-electron chi connectivity index (χ2n) is 4.96. The maximum atomic E-state index is 12.0. The molecule has 24 heavy (non-hydrogen) atoms. The molecule has 120 valence electrons. The van der Waals surface area contributed by atoms with Crippen LogP contribution in [0.1, 0.15) is 21.9 Å². The number of benzene rings is 1. The molecular weight excluding hydrogens is 370 g/mol. The molecule has 0 N–H and O–H groups in total. The molecule has 0 aliphatic heterocycles. The van der Waals surface area contributed by atoms with Crippen molar-refractivity contribution in [1.82, 2.24) is 4.98 Å². The van der Waals surface area contributed by atoms with Crippen molar-refractivity contribution in [1.29, 1.82) is 0 Å². The van der Waals surface area contributed by atoms with Crippen LogP contribution in [0.4, 0.5) is 0 Å². The van der Waals surface area contributed by atoms with Crippen molar-refractivity contribution in [3.05, 3.63) is 88.6 Å². The summed E-state index contributed by atoms with van der Waals surface area (Å²) in [6, 6.07) is 14.7. The zero-order valence-corrected chi connectivity index (χ0v) is 14.3. The monoisotopic (exact) mass is 383 g/mol. The summed E-state index contributed by atoms with van der Waals surface area (Å²) in [5.41, 5.74) is 0.540. The van der Waals surface area contributed by atoms with Crippen molar-refractivity contribution >= 4 is 27.8 Å². The molecule has 2 heterocycles. The first-order chi connectivity index (χ1) is 11.7. The lowest BCUT2D eigenvalue weighted by Crippen LogP contribution is -1.94. The number of ketones is 1. The second kappa shape index (κ2) is 7.75. The van der Waals surface area contributed by atoms with E-state index in [0.717, 1.165) is 10.2 Å². The number of aromatic nitrogens is 1. The molecule has 0 aliphatic rings. The van der Waals surface area contributed by atoms with E-state index in [-0.39, 0.29) is 5.78 Å². The molecule has 0 atom stereocenters. The SMILES string of the molecule is O=C(/C=C/c1ccc(COc2ccccc2Br)o1)c1cccnc1. The minimum atomic E-state index is -0.120. The summed E-state index contributed by atoms with van der Waals surface area (Å²) in [5.74, 6) is 1.90. The zero-order chi connectivity index (χ0) is 16.8. The smallest absolute Gasteiger partial charge is 0.187 e. The average Bonchev–Trinajstić information content (AvgIpc) is 3.08. The third kappa shape index (κ3) is 4.20. The molecule has 0 unspecified atom stereocenters. The highest BCUT2D eigenvalue weighted by Gasteiger charge is 2.05. The number of rotatable bonds is 6. The quantitative estimate of drug-likeness (QED) is 0.448. The van der Waals surface area contributed by atoms with Crippen molar-refractivity contribution in [2.75, 3.05) is 0 Å². The molecule has 0 amide bonds. The Kier molecular flexibility index (Phi) is 5.23. The van der Waals surface area contributed by atoms with E-state index in [2.05, 4.69) is 20.9 Å². The van der Waals surface area contributed by atoms with Gasteiger partial charge in [-0.15, -0.1) is 0 Å². The summed E-state index contributed by atoms with van der Waals surface area (Å²) in [5, 5.41) is 0. The maximum Gasteiger partial charge on any atom is 0.187 e. The van der Waals surface area contributed by atoms with E-state index in [1.54, 1.807) is 30.5 Å². The predicted octanol–water partition coefficient (Wildman–Crippen LogP) is 4.91. The number of carbonyl (C=O) groups excluding carboxylic acids is 1. The Balaban J connectivity index is 1.60. The van der Waals surface area contributed by atoms with E-state index < -0.39 is 0 Å². The molecule has 3 aromatic rings. The molecule has 0 fully saturated rings. The number of hydrogen-bond donors (Lipinski definition) is 0. The Hall–Kier alpha value is -2.66. The summed E-state index contributed by atoms with van der Waals surface area (Å²) in [6.07, 6.45) is 6.27. The Morgan fingerprint density at radius 3 is 2.83 bits per heavy atom. The highest BCUT2D eigenvalue weighted by atomic mass is 79.9. The van der Waals surface area contributed by atoms with Gasteiger partial charge in [0.05, 0.1) is 4.47 Å². The van der Waals surface area contributed by atoms with Crippen molar-refractivity contribution in [3.8, 4) is 5.75 Å². The van der Waals surface area contributed by atoms with Crippen molar-refractivity contribution in [3.63, 3.8) is 0 Å². The summed E-state index contributed by atoms with van der Waals surface area (Å²) >= 11 is 3.43. The van der Waals surface area contributed by atoms with Gasteiger partial charge in [-0.3, -0.25) is 9.78 Å². The lowest BCUT2D eigenvalue weighted by Gasteiger charge is -2.05. The Bertz CT molecular complexity index is 856. The van der Waals surface area contributed by atoms with Crippen LogP contribution in [0.15, 0.2) is 75.9 Å². The second-order valence-corrected chi connectivity index (χ2v) is 5.82. The number of para-hydroxylation sites is 1. The van der Waals surface area contributed by atoms with Crippen LogP contribution < -0.4 is 4.74 Å². The third-order valence-electron chi connectivity index (χ3n) is 3.23. The topological polar surface area (TPSA) is 52.3 Å². The van der Waals surface area contributed by atoms with Crippen molar-refractivity contribution in [2.24, 2.45) is 0 Å². The van der Waals surface area contributed by atoms with Gasteiger partial charge in [0.15, 0.2) is 5.78 Å². The van der Waals surface area contributed by atoms with E-state index >= 15 is 0 Å². The first kappa shape index (κ1) is 16.2. The number of ether oxygens (including phenoxy) is 1. The number of carbonyl (C=O) groups is 1. The molecule has 0 spiro atoms. The third-order valence-corrected chi connectivity index (χ3v) is 3.89. The molecule has 0 saturated carbocycles. The lowest BCUT2D eigenvalue weighted by molar-refractivity contribution is 0.104. The minimum Gasteiger partial charge on any atom is -0.484 e. The number of pyridine rings is 1. The van der Waals surface area contributed by atoms with Gasteiger partial charge in [-0.25, -0.2) is 0 Å². The van der Waals surface area contributed by atoms with Gasteiger partial charge in [0.1, 0.15) is 23.9 Å². The number of nitrogens with zero attached hydrogens (tertiary/aromatic N) is 1. The molecule has 5 heteroatoms. The van der Waals surface area contributed by atoms with Gasteiger partial charge < -0.3 is 9.15 Å². The van der Waals surface area contributed by atoms with Crippen LogP contribution in [0, 0.1) is 0 Å². The fourth-order valence-electron chi connectivity index (χ4n) is 2.03. The standard InChI is InChI=1S/C19H14BrNO3/c20-17-5-1-2-6-19(17)23-13-16-8-7-15(24-16)9-10-18(22)14-4-3-11-21-12-14/h1-12H,13H2/b10-9+. The van der Waals surface area contributed by atoms with Gasteiger partial charge in [0.2, 0.25) is 0 Å². The Morgan fingerprint density at radius 1 is 1.17 bits per heavy atom. The average molecular weight is 384 g/mol. The number of furan rings is 1. The van der Waals surface area contributed by atoms with E-state index in [0.29, 0.717) is 23.7 Å². The van der Waals surface area contributed by atoms with Gasteiger partial charge in [0.25, 0.3) is 0 Å². The normalized spacial score (nSPS) is 10.9. The lowest BCUT2D eigenvalue weighted by atomic mass is 10.2. The van der Waals surface area contributed by atoms with Crippen LogP contribution >= 0.6 is 15.9 Å². The number of allylic oxidation sites excluding steroid dienone is 1. The molecule has 0 aliphatic carbocycles. The molecule has 1 aromatic carbocycles. The van der Waals surface area contributed by atoms with Gasteiger partial charge in [-0.1, -0.05) is 12.1 Å². The number of halogens is 1. The van der Waals surface area contributed by atoms with E-state index in [1.807, 2.05) is 30.3 Å². The van der Waals surface area contributed by atoms with Gasteiger partial charge >= 0.3 is 0 Å². The summed E-state index contributed by atoms with van der Waals surface area (Å²) < 4.78 is 12.2. The molecule has 0 bridgehead atoms. The van der Waals surface area contributed by atoms with Crippen molar-refractivity contribution < 1.29 is 13.9 Å². The first-order valence-corrected chi connectivity index (χ1v) is 8.10. The van der Waals surface area contributed by atoms with E-state index in [4.69, 9.17) is 9.15 Å². The largest absolute Gasteiger partial charge is 0.484 e. The Labute approximate surface area is 147 Å². The molecule has 0 radical (unpaired) electrons.